The van der Waals surface area contributed by atoms with E-state index in [1.54, 1.807) is 12.1 Å². The second-order valence-electron chi connectivity index (χ2n) is 7.65. The highest BCUT2D eigenvalue weighted by atomic mass is 16.5. The normalized spacial score (nSPS) is 26.6. The Morgan fingerprint density at radius 3 is 2.61 bits per heavy atom. The number of nitrogens with one attached hydrogen (secondary N) is 2. The van der Waals surface area contributed by atoms with Crippen molar-refractivity contribution < 1.29 is 23.9 Å². The van der Waals surface area contributed by atoms with Crippen molar-refractivity contribution in [3.8, 4) is 0 Å². The molecule has 146 valence electrons. The van der Waals surface area contributed by atoms with Crippen molar-refractivity contribution in [2.45, 2.75) is 31.2 Å². The molecule has 1 aromatic rings. The molecule has 3 saturated heterocycles. The number of amides is 4. The average Bonchev–Trinajstić information content (AvgIpc) is 3.16. The number of ether oxygens (including phenoxy) is 1. The van der Waals surface area contributed by atoms with E-state index in [9.17, 15) is 19.2 Å². The third-order valence-corrected chi connectivity index (χ3v) is 5.99. The number of hydrogen-bond acceptors (Lipinski definition) is 7. The Morgan fingerprint density at radius 2 is 1.89 bits per heavy atom. The van der Waals surface area contributed by atoms with Gasteiger partial charge in [0.05, 0.1) is 17.7 Å². The summed E-state index contributed by atoms with van der Waals surface area (Å²) in [5.74, 6) is -1.94. The van der Waals surface area contributed by atoms with E-state index in [4.69, 9.17) is 4.74 Å². The van der Waals surface area contributed by atoms with E-state index in [1.165, 1.54) is 0 Å². The van der Waals surface area contributed by atoms with Crippen LogP contribution < -0.4 is 10.6 Å². The number of hydrogen-bond donors (Lipinski definition) is 2. The smallest absolute Gasteiger partial charge is 0.262 e. The van der Waals surface area contributed by atoms with Crippen molar-refractivity contribution in [1.82, 2.24) is 20.4 Å². The molecule has 9 nitrogen and oxygen atoms in total. The number of fused-ring (bicyclic) bond motifs is 1. The van der Waals surface area contributed by atoms with Crippen LogP contribution in [0.5, 0.6) is 0 Å². The van der Waals surface area contributed by atoms with Gasteiger partial charge in [-0.05, 0) is 24.1 Å². The van der Waals surface area contributed by atoms with Crippen LogP contribution in [0, 0.1) is 0 Å². The minimum absolute atomic E-state index is 0.111. The number of carbonyl (C=O) groups is 4. The van der Waals surface area contributed by atoms with E-state index >= 15 is 0 Å². The second-order valence-corrected chi connectivity index (χ2v) is 7.65. The fraction of sp³-hybridized carbons (Fsp3) is 0.474. The molecule has 4 aliphatic heterocycles. The van der Waals surface area contributed by atoms with Gasteiger partial charge in [0, 0.05) is 32.6 Å². The van der Waals surface area contributed by atoms with Gasteiger partial charge in [0.15, 0.2) is 0 Å². The summed E-state index contributed by atoms with van der Waals surface area (Å²) in [6.07, 6.45) is 0.268. The van der Waals surface area contributed by atoms with E-state index in [0.717, 1.165) is 30.1 Å². The van der Waals surface area contributed by atoms with E-state index in [0.29, 0.717) is 24.3 Å². The second kappa shape index (κ2) is 6.20. The minimum atomic E-state index is -0.940. The van der Waals surface area contributed by atoms with Gasteiger partial charge in [-0.2, -0.15) is 0 Å². The molecule has 0 aromatic heterocycles. The van der Waals surface area contributed by atoms with Crippen molar-refractivity contribution in [2.75, 3.05) is 26.2 Å². The third kappa shape index (κ3) is 2.50. The Kier molecular flexibility index (Phi) is 3.87. The molecule has 1 atom stereocenters. The Bertz CT molecular complexity index is 910. The fourth-order valence-corrected chi connectivity index (χ4v) is 4.37. The number of carbonyl (C=O) groups excluding carboxylic acids is 4. The van der Waals surface area contributed by atoms with Crippen molar-refractivity contribution in [3.05, 3.63) is 34.9 Å². The highest BCUT2D eigenvalue weighted by Crippen LogP contribution is 2.32. The van der Waals surface area contributed by atoms with Crippen molar-refractivity contribution in [2.24, 2.45) is 0 Å². The molecular weight excluding hydrogens is 364 g/mol. The summed E-state index contributed by atoms with van der Waals surface area (Å²) in [7, 11) is 0. The van der Waals surface area contributed by atoms with Gasteiger partial charge in [-0.3, -0.25) is 34.3 Å². The van der Waals surface area contributed by atoms with Crippen LogP contribution in [0.3, 0.4) is 0 Å². The largest absolute Gasteiger partial charge is 0.356 e. The topological polar surface area (TPSA) is 108 Å². The summed E-state index contributed by atoms with van der Waals surface area (Å²) in [6.45, 7) is 3.66. The van der Waals surface area contributed by atoms with Gasteiger partial charge in [0.25, 0.3) is 11.8 Å². The van der Waals surface area contributed by atoms with Crippen LogP contribution >= 0.6 is 0 Å². The number of imide groups is 2. The number of benzene rings is 1. The zero-order valence-electron chi connectivity index (χ0n) is 15.2. The van der Waals surface area contributed by atoms with Crippen molar-refractivity contribution >= 4 is 23.6 Å². The Hall–Kier alpha value is -2.62. The lowest BCUT2D eigenvalue weighted by Gasteiger charge is -2.44. The maximum atomic E-state index is 12.9. The molecule has 2 N–H and O–H groups in total. The van der Waals surface area contributed by atoms with Crippen molar-refractivity contribution in [1.29, 1.82) is 0 Å². The molecule has 1 aromatic carbocycles. The summed E-state index contributed by atoms with van der Waals surface area (Å²) >= 11 is 0. The standard InChI is InChI=1S/C19H20N4O5/c24-15-4-3-14(16(25)21-15)23-17(26)12-2-1-11(7-13(12)18(23)27)8-22-5-6-28-19(22)9-20-10-19/h1-2,7,14,20H,3-6,8-10H2,(H,21,24,25). The Labute approximate surface area is 161 Å². The van der Waals surface area contributed by atoms with Crippen LogP contribution in [-0.4, -0.2) is 71.4 Å². The number of rotatable bonds is 3. The first-order valence-corrected chi connectivity index (χ1v) is 9.43. The van der Waals surface area contributed by atoms with Gasteiger partial charge in [-0.15, -0.1) is 0 Å². The molecule has 1 spiro atoms. The highest BCUT2D eigenvalue weighted by molar-refractivity contribution is 6.23. The predicted octanol–water partition coefficient (Wildman–Crippen LogP) is -0.780. The summed E-state index contributed by atoms with van der Waals surface area (Å²) in [5, 5.41) is 5.43. The summed E-state index contributed by atoms with van der Waals surface area (Å²) in [4.78, 5) is 52.4. The van der Waals surface area contributed by atoms with Gasteiger partial charge < -0.3 is 10.1 Å². The lowest BCUT2D eigenvalue weighted by atomic mass is 10.0. The van der Waals surface area contributed by atoms with Crippen LogP contribution in [0.4, 0.5) is 0 Å². The maximum absolute atomic E-state index is 12.9. The zero-order chi connectivity index (χ0) is 19.5. The van der Waals surface area contributed by atoms with Crippen LogP contribution in [0.2, 0.25) is 0 Å². The molecule has 0 bridgehead atoms. The molecule has 4 aliphatic rings. The molecule has 9 heteroatoms. The molecule has 0 aliphatic carbocycles. The minimum Gasteiger partial charge on any atom is -0.356 e. The maximum Gasteiger partial charge on any atom is 0.262 e. The monoisotopic (exact) mass is 384 g/mol. The van der Waals surface area contributed by atoms with Crippen LogP contribution in [0.1, 0.15) is 39.1 Å². The lowest BCUT2D eigenvalue weighted by molar-refractivity contribution is -0.136. The molecular formula is C19H20N4O5. The Morgan fingerprint density at radius 1 is 1.11 bits per heavy atom. The summed E-state index contributed by atoms with van der Waals surface area (Å²) in [5.41, 5.74) is 1.27. The average molecular weight is 384 g/mol. The van der Waals surface area contributed by atoms with Crippen LogP contribution in [0.15, 0.2) is 18.2 Å². The third-order valence-electron chi connectivity index (χ3n) is 5.99. The quantitative estimate of drug-likeness (QED) is 0.658. The van der Waals surface area contributed by atoms with Gasteiger partial charge in [0.2, 0.25) is 11.8 Å². The highest BCUT2D eigenvalue weighted by Gasteiger charge is 2.48. The van der Waals surface area contributed by atoms with E-state index in [-0.39, 0.29) is 24.5 Å². The first-order chi connectivity index (χ1) is 13.5. The first-order valence-electron chi connectivity index (χ1n) is 9.43. The SMILES string of the molecule is O=C1CCC(N2C(=O)c3ccc(CN4CCOC45CNC5)cc3C2=O)C(=O)N1. The van der Waals surface area contributed by atoms with Crippen molar-refractivity contribution in [3.63, 3.8) is 0 Å². The van der Waals surface area contributed by atoms with E-state index in [2.05, 4.69) is 15.5 Å². The van der Waals surface area contributed by atoms with E-state index < -0.39 is 23.8 Å². The van der Waals surface area contributed by atoms with Crippen LogP contribution in [0.25, 0.3) is 0 Å². The number of piperidine rings is 1. The fourth-order valence-electron chi connectivity index (χ4n) is 4.37. The summed E-state index contributed by atoms with van der Waals surface area (Å²) < 4.78 is 5.87. The Balaban J connectivity index is 1.39. The lowest BCUT2D eigenvalue weighted by Crippen LogP contribution is -2.66. The number of nitrogens with zero attached hydrogens (tertiary/aromatic N) is 2. The molecule has 0 saturated carbocycles. The zero-order valence-corrected chi connectivity index (χ0v) is 15.2. The molecule has 3 fully saturated rings. The molecule has 4 amide bonds. The van der Waals surface area contributed by atoms with Gasteiger partial charge in [-0.25, -0.2) is 0 Å². The molecule has 1 unspecified atom stereocenters. The molecule has 28 heavy (non-hydrogen) atoms. The summed E-state index contributed by atoms with van der Waals surface area (Å²) in [6, 6.07) is 4.29. The predicted molar refractivity (Wildman–Crippen MR) is 95.1 cm³/mol. The van der Waals surface area contributed by atoms with Crippen LogP contribution in [-0.2, 0) is 20.9 Å². The van der Waals surface area contributed by atoms with Gasteiger partial charge in [0.1, 0.15) is 11.8 Å². The van der Waals surface area contributed by atoms with Gasteiger partial charge in [-0.1, -0.05) is 6.07 Å². The van der Waals surface area contributed by atoms with Gasteiger partial charge >= 0.3 is 0 Å². The van der Waals surface area contributed by atoms with E-state index in [1.807, 2.05) is 6.07 Å². The molecule has 4 heterocycles. The first kappa shape index (κ1) is 17.5. The molecule has 0 radical (unpaired) electrons. The molecule has 5 rings (SSSR count).